The first-order chi connectivity index (χ1) is 8.35. The zero-order valence-corrected chi connectivity index (χ0v) is 10.0. The van der Waals surface area contributed by atoms with Crippen LogP contribution < -0.4 is 0 Å². The lowest BCUT2D eigenvalue weighted by molar-refractivity contribution is 0.236. The number of nitrogens with zero attached hydrogens (tertiary/aromatic N) is 3. The van der Waals surface area contributed by atoms with Crippen LogP contribution in [0.1, 0.15) is 43.3 Å². The maximum Gasteiger partial charge on any atom is 0.240 e. The summed E-state index contributed by atoms with van der Waals surface area (Å²) >= 11 is 0. The van der Waals surface area contributed by atoms with Crippen molar-refractivity contribution in [2.75, 3.05) is 19.7 Å². The van der Waals surface area contributed by atoms with E-state index in [9.17, 15) is 0 Å². The molecular weight excluding hydrogens is 218 g/mol. The first kappa shape index (κ1) is 11.2. The van der Waals surface area contributed by atoms with E-state index in [1.54, 1.807) is 0 Å². The molecule has 1 aromatic rings. The van der Waals surface area contributed by atoms with Gasteiger partial charge in [0.05, 0.1) is 6.54 Å². The van der Waals surface area contributed by atoms with Crippen LogP contribution in [0.3, 0.4) is 0 Å². The van der Waals surface area contributed by atoms with Gasteiger partial charge in [0.2, 0.25) is 5.89 Å². The fraction of sp³-hybridized carbons (Fsp3) is 0.833. The molecule has 0 amide bonds. The van der Waals surface area contributed by atoms with Crippen LogP contribution in [0, 0.1) is 5.92 Å². The van der Waals surface area contributed by atoms with Crippen LogP contribution in [-0.4, -0.2) is 39.8 Å². The van der Waals surface area contributed by atoms with Gasteiger partial charge in [0, 0.05) is 19.1 Å². The molecule has 2 aliphatic rings. The van der Waals surface area contributed by atoms with E-state index < -0.39 is 0 Å². The minimum atomic E-state index is 0.297. The van der Waals surface area contributed by atoms with Crippen LogP contribution in [0.25, 0.3) is 0 Å². The highest BCUT2D eigenvalue weighted by Crippen LogP contribution is 2.38. The lowest BCUT2D eigenvalue weighted by Crippen LogP contribution is -2.20. The minimum absolute atomic E-state index is 0.297. The largest absolute Gasteiger partial charge is 0.396 e. The standard InChI is InChI=1S/C12H19N3O2/c16-6-4-9-3-5-15(7-9)8-11-13-12(14-17-11)10-1-2-10/h9-10,16H,1-8H2. The van der Waals surface area contributed by atoms with Gasteiger partial charge in [-0.15, -0.1) is 0 Å². The van der Waals surface area contributed by atoms with Gasteiger partial charge in [-0.2, -0.15) is 4.98 Å². The fourth-order valence-electron chi connectivity index (χ4n) is 2.51. The van der Waals surface area contributed by atoms with Gasteiger partial charge < -0.3 is 9.63 Å². The molecule has 94 valence electrons. The van der Waals surface area contributed by atoms with Crippen molar-refractivity contribution in [1.29, 1.82) is 0 Å². The van der Waals surface area contributed by atoms with E-state index in [0.717, 1.165) is 37.8 Å². The Labute approximate surface area is 101 Å². The van der Waals surface area contributed by atoms with Gasteiger partial charge in [0.15, 0.2) is 5.82 Å². The predicted molar refractivity (Wildman–Crippen MR) is 61.4 cm³/mol. The molecule has 0 radical (unpaired) electrons. The average molecular weight is 237 g/mol. The minimum Gasteiger partial charge on any atom is -0.396 e. The van der Waals surface area contributed by atoms with Crippen molar-refractivity contribution in [1.82, 2.24) is 15.0 Å². The number of rotatable bonds is 5. The Morgan fingerprint density at radius 3 is 3.00 bits per heavy atom. The summed E-state index contributed by atoms with van der Waals surface area (Å²) in [6, 6.07) is 0. The molecule has 1 N–H and O–H groups in total. The molecule has 2 fully saturated rings. The van der Waals surface area contributed by atoms with E-state index in [2.05, 4.69) is 15.0 Å². The molecule has 5 nitrogen and oxygen atoms in total. The third-order valence-corrected chi connectivity index (χ3v) is 3.69. The van der Waals surface area contributed by atoms with Crippen molar-refractivity contribution < 1.29 is 9.63 Å². The van der Waals surface area contributed by atoms with Gasteiger partial charge in [-0.05, 0) is 38.1 Å². The van der Waals surface area contributed by atoms with Gasteiger partial charge in [-0.3, -0.25) is 4.90 Å². The van der Waals surface area contributed by atoms with E-state index >= 15 is 0 Å². The Kier molecular flexibility index (Phi) is 3.11. The predicted octanol–water partition coefficient (Wildman–Crippen LogP) is 1.15. The summed E-state index contributed by atoms with van der Waals surface area (Å²) in [5.41, 5.74) is 0. The molecule has 3 rings (SSSR count). The van der Waals surface area contributed by atoms with Crippen molar-refractivity contribution in [3.05, 3.63) is 11.7 Å². The van der Waals surface area contributed by atoms with Crippen molar-refractivity contribution >= 4 is 0 Å². The second kappa shape index (κ2) is 4.74. The first-order valence-corrected chi connectivity index (χ1v) is 6.51. The quantitative estimate of drug-likeness (QED) is 0.832. The van der Waals surface area contributed by atoms with Crippen molar-refractivity contribution in [2.24, 2.45) is 5.92 Å². The van der Waals surface area contributed by atoms with E-state index in [1.807, 2.05) is 0 Å². The van der Waals surface area contributed by atoms with Gasteiger partial charge in [-0.25, -0.2) is 0 Å². The molecule has 1 aromatic heterocycles. The highest BCUT2D eigenvalue weighted by Gasteiger charge is 2.29. The summed E-state index contributed by atoms with van der Waals surface area (Å²) in [5, 5.41) is 12.9. The molecule has 0 bridgehead atoms. The van der Waals surface area contributed by atoms with Crippen LogP contribution in [0.4, 0.5) is 0 Å². The van der Waals surface area contributed by atoms with Gasteiger partial charge in [-0.1, -0.05) is 5.16 Å². The molecule has 1 saturated heterocycles. The maximum absolute atomic E-state index is 8.91. The zero-order valence-electron chi connectivity index (χ0n) is 10.0. The summed E-state index contributed by atoms with van der Waals surface area (Å²) in [7, 11) is 0. The molecule has 1 atom stereocenters. The van der Waals surface area contributed by atoms with E-state index in [1.165, 1.54) is 19.3 Å². The number of aromatic nitrogens is 2. The number of hydrogen-bond donors (Lipinski definition) is 1. The molecule has 17 heavy (non-hydrogen) atoms. The molecular formula is C12H19N3O2. The first-order valence-electron chi connectivity index (χ1n) is 6.51. The Hall–Kier alpha value is -0.940. The van der Waals surface area contributed by atoms with Gasteiger partial charge in [0.1, 0.15) is 0 Å². The number of aliphatic hydroxyl groups excluding tert-OH is 1. The molecule has 5 heteroatoms. The zero-order chi connectivity index (χ0) is 11.7. The number of hydrogen-bond acceptors (Lipinski definition) is 5. The second-order valence-electron chi connectivity index (χ2n) is 5.22. The molecule has 0 aromatic carbocycles. The Balaban J connectivity index is 1.52. The van der Waals surface area contributed by atoms with Crippen LogP contribution >= 0.6 is 0 Å². The maximum atomic E-state index is 8.91. The Morgan fingerprint density at radius 2 is 2.24 bits per heavy atom. The van der Waals surface area contributed by atoms with E-state index in [4.69, 9.17) is 9.63 Å². The number of likely N-dealkylation sites (tertiary alicyclic amines) is 1. The molecule has 1 saturated carbocycles. The Morgan fingerprint density at radius 1 is 1.35 bits per heavy atom. The highest BCUT2D eigenvalue weighted by molar-refractivity contribution is 5.03. The fourth-order valence-corrected chi connectivity index (χ4v) is 2.51. The molecule has 2 heterocycles. The van der Waals surface area contributed by atoms with Crippen LogP contribution in [0.2, 0.25) is 0 Å². The van der Waals surface area contributed by atoms with Gasteiger partial charge in [0.25, 0.3) is 0 Å². The third-order valence-electron chi connectivity index (χ3n) is 3.69. The monoisotopic (exact) mass is 237 g/mol. The van der Waals surface area contributed by atoms with Crippen molar-refractivity contribution in [3.63, 3.8) is 0 Å². The van der Waals surface area contributed by atoms with Crippen LogP contribution in [0.15, 0.2) is 4.52 Å². The van der Waals surface area contributed by atoms with Crippen molar-refractivity contribution in [3.8, 4) is 0 Å². The van der Waals surface area contributed by atoms with Crippen molar-refractivity contribution in [2.45, 2.75) is 38.1 Å². The highest BCUT2D eigenvalue weighted by atomic mass is 16.5. The van der Waals surface area contributed by atoms with E-state index in [0.29, 0.717) is 18.4 Å². The second-order valence-corrected chi connectivity index (χ2v) is 5.22. The number of aliphatic hydroxyl groups is 1. The summed E-state index contributed by atoms with van der Waals surface area (Å²) in [4.78, 5) is 6.78. The summed E-state index contributed by atoms with van der Waals surface area (Å²) in [5.74, 6) is 2.83. The SMILES string of the molecule is OCCC1CCN(Cc2nc(C3CC3)no2)C1. The lowest BCUT2D eigenvalue weighted by Gasteiger charge is -2.12. The average Bonchev–Trinajstić information content (AvgIpc) is 2.92. The molecule has 1 unspecified atom stereocenters. The normalized spacial score (nSPS) is 25.6. The molecule has 1 aliphatic carbocycles. The van der Waals surface area contributed by atoms with Crippen LogP contribution in [-0.2, 0) is 6.54 Å². The summed E-state index contributed by atoms with van der Waals surface area (Å²) < 4.78 is 5.27. The lowest BCUT2D eigenvalue weighted by atomic mass is 10.1. The third kappa shape index (κ3) is 2.66. The Bertz CT molecular complexity index is 376. The summed E-state index contributed by atoms with van der Waals surface area (Å²) in [6.07, 6.45) is 4.50. The van der Waals surface area contributed by atoms with Gasteiger partial charge >= 0.3 is 0 Å². The molecule has 0 spiro atoms. The smallest absolute Gasteiger partial charge is 0.240 e. The van der Waals surface area contributed by atoms with Crippen LogP contribution in [0.5, 0.6) is 0 Å². The molecule has 1 aliphatic heterocycles. The topological polar surface area (TPSA) is 62.4 Å². The van der Waals surface area contributed by atoms with E-state index in [-0.39, 0.29) is 0 Å². The summed E-state index contributed by atoms with van der Waals surface area (Å²) in [6.45, 7) is 3.18.